The van der Waals surface area contributed by atoms with Crippen molar-refractivity contribution in [3.8, 4) is 5.75 Å². The molecule has 122 valence electrons. The van der Waals surface area contributed by atoms with Crippen LogP contribution in [0.1, 0.15) is 31.7 Å². The number of rotatable bonds is 5. The van der Waals surface area contributed by atoms with Crippen molar-refractivity contribution >= 4 is 11.6 Å². The number of benzene rings is 1. The first kappa shape index (κ1) is 16.8. The van der Waals surface area contributed by atoms with Gasteiger partial charge in [0, 0.05) is 12.1 Å². The molecule has 1 heterocycles. The molecule has 1 aromatic rings. The van der Waals surface area contributed by atoms with Gasteiger partial charge in [0.1, 0.15) is 5.75 Å². The Morgan fingerprint density at radius 3 is 2.95 bits per heavy atom. The second-order valence-electron chi connectivity index (χ2n) is 6.14. The monoisotopic (exact) mass is 305 g/mol. The maximum absolute atomic E-state index is 12.4. The zero-order valence-electron chi connectivity index (χ0n) is 13.8. The van der Waals surface area contributed by atoms with Gasteiger partial charge in [-0.1, -0.05) is 12.5 Å². The number of nitrogens with one attached hydrogen (secondary N) is 1. The fourth-order valence-electron chi connectivity index (χ4n) is 3.10. The van der Waals surface area contributed by atoms with Gasteiger partial charge in [-0.15, -0.1) is 0 Å². The van der Waals surface area contributed by atoms with Crippen molar-refractivity contribution in [2.45, 2.75) is 45.2 Å². The van der Waals surface area contributed by atoms with E-state index < -0.39 is 0 Å². The van der Waals surface area contributed by atoms with E-state index in [1.54, 1.807) is 7.11 Å². The third kappa shape index (κ3) is 4.21. The van der Waals surface area contributed by atoms with Gasteiger partial charge in [-0.05, 0) is 50.9 Å². The molecule has 1 amide bonds. The summed E-state index contributed by atoms with van der Waals surface area (Å²) in [6, 6.07) is 6.14. The third-order valence-corrected chi connectivity index (χ3v) is 4.25. The molecule has 3 N–H and O–H groups in total. The number of amides is 1. The van der Waals surface area contributed by atoms with Crippen LogP contribution in [0.2, 0.25) is 0 Å². The van der Waals surface area contributed by atoms with Crippen molar-refractivity contribution in [1.29, 1.82) is 0 Å². The topological polar surface area (TPSA) is 67.6 Å². The molecule has 5 nitrogen and oxygen atoms in total. The summed E-state index contributed by atoms with van der Waals surface area (Å²) >= 11 is 0. The minimum Gasteiger partial charge on any atom is -0.495 e. The van der Waals surface area contributed by atoms with Crippen molar-refractivity contribution in [2.24, 2.45) is 5.73 Å². The predicted molar refractivity (Wildman–Crippen MR) is 89.2 cm³/mol. The summed E-state index contributed by atoms with van der Waals surface area (Å²) in [5.74, 6) is 0.665. The van der Waals surface area contributed by atoms with Crippen molar-refractivity contribution in [3.63, 3.8) is 0 Å². The number of carbonyl (C=O) groups is 1. The lowest BCUT2D eigenvalue weighted by Crippen LogP contribution is -2.51. The van der Waals surface area contributed by atoms with Gasteiger partial charge in [0.2, 0.25) is 5.91 Å². The Kier molecular flexibility index (Phi) is 5.80. The molecule has 5 heteroatoms. The van der Waals surface area contributed by atoms with Crippen molar-refractivity contribution in [3.05, 3.63) is 23.8 Å². The minimum absolute atomic E-state index is 0.0172. The molecule has 0 radical (unpaired) electrons. The van der Waals surface area contributed by atoms with Gasteiger partial charge in [0.25, 0.3) is 0 Å². The fourth-order valence-corrected chi connectivity index (χ4v) is 3.10. The van der Waals surface area contributed by atoms with Crippen LogP contribution in [-0.2, 0) is 4.79 Å². The fraction of sp³-hybridized carbons (Fsp3) is 0.588. The normalized spacial score (nSPS) is 20.5. The van der Waals surface area contributed by atoms with Crippen molar-refractivity contribution < 1.29 is 9.53 Å². The van der Waals surface area contributed by atoms with Crippen molar-refractivity contribution in [1.82, 2.24) is 4.90 Å². The Balaban J connectivity index is 2.01. The number of nitrogens with two attached hydrogens (primary N) is 1. The lowest BCUT2D eigenvalue weighted by atomic mass is 9.97. The zero-order valence-corrected chi connectivity index (χ0v) is 13.8. The predicted octanol–water partition coefficient (Wildman–Crippen LogP) is 2.14. The number of aryl methyl sites for hydroxylation is 1. The number of hydrogen-bond acceptors (Lipinski definition) is 4. The molecule has 0 bridgehead atoms. The average Bonchev–Trinajstić information content (AvgIpc) is 2.47. The molecule has 1 fully saturated rings. The summed E-state index contributed by atoms with van der Waals surface area (Å²) in [5.41, 5.74) is 7.87. The highest BCUT2D eigenvalue weighted by Crippen LogP contribution is 2.25. The molecule has 1 aliphatic rings. The lowest BCUT2D eigenvalue weighted by Gasteiger charge is -2.37. The average molecular weight is 305 g/mol. The van der Waals surface area contributed by atoms with Crippen LogP contribution in [0.15, 0.2) is 18.2 Å². The summed E-state index contributed by atoms with van der Waals surface area (Å²) in [5, 5.41) is 2.96. The largest absolute Gasteiger partial charge is 0.495 e. The molecule has 2 rings (SSSR count). The molecule has 1 aliphatic heterocycles. The molecule has 2 atom stereocenters. The quantitative estimate of drug-likeness (QED) is 0.874. The van der Waals surface area contributed by atoms with E-state index in [-0.39, 0.29) is 11.9 Å². The minimum atomic E-state index is -0.0172. The van der Waals surface area contributed by atoms with Crippen LogP contribution in [0.4, 0.5) is 5.69 Å². The molecular weight excluding hydrogens is 278 g/mol. The van der Waals surface area contributed by atoms with Gasteiger partial charge in [-0.2, -0.15) is 0 Å². The molecule has 22 heavy (non-hydrogen) atoms. The molecule has 1 aromatic carbocycles. The number of ether oxygens (including phenoxy) is 1. The third-order valence-electron chi connectivity index (χ3n) is 4.25. The highest BCUT2D eigenvalue weighted by atomic mass is 16.5. The van der Waals surface area contributed by atoms with E-state index in [0.717, 1.165) is 30.6 Å². The lowest BCUT2D eigenvalue weighted by molar-refractivity contribution is -0.118. The van der Waals surface area contributed by atoms with Crippen LogP contribution < -0.4 is 15.8 Å². The SMILES string of the molecule is COc1ccc(C)cc1NC(=O)CN1CCCCC1C(C)N. The molecule has 1 saturated heterocycles. The Morgan fingerprint density at radius 2 is 2.27 bits per heavy atom. The highest BCUT2D eigenvalue weighted by molar-refractivity contribution is 5.93. The molecule has 2 unspecified atom stereocenters. The second kappa shape index (κ2) is 7.61. The summed E-state index contributed by atoms with van der Waals surface area (Å²) < 4.78 is 5.30. The van der Waals surface area contributed by atoms with E-state index in [0.29, 0.717) is 18.3 Å². The van der Waals surface area contributed by atoms with Gasteiger partial charge < -0.3 is 15.8 Å². The van der Waals surface area contributed by atoms with Gasteiger partial charge in [-0.25, -0.2) is 0 Å². The Labute approximate surface area is 132 Å². The number of nitrogens with zero attached hydrogens (tertiary/aromatic N) is 1. The Hall–Kier alpha value is -1.59. The van der Waals surface area contributed by atoms with Gasteiger partial charge in [-0.3, -0.25) is 9.69 Å². The van der Waals surface area contributed by atoms with Gasteiger partial charge in [0.15, 0.2) is 0 Å². The summed E-state index contributed by atoms with van der Waals surface area (Å²) in [6.07, 6.45) is 3.39. The molecule has 0 aliphatic carbocycles. The van der Waals surface area contributed by atoms with Crippen molar-refractivity contribution in [2.75, 3.05) is 25.5 Å². The van der Waals surface area contributed by atoms with Crippen LogP contribution >= 0.6 is 0 Å². The number of carbonyl (C=O) groups excluding carboxylic acids is 1. The van der Waals surface area contributed by atoms with E-state index in [4.69, 9.17) is 10.5 Å². The Morgan fingerprint density at radius 1 is 1.50 bits per heavy atom. The molecule has 0 spiro atoms. The zero-order chi connectivity index (χ0) is 16.1. The first-order valence-corrected chi connectivity index (χ1v) is 7.95. The standard InChI is InChI=1S/C17H27N3O2/c1-12-7-8-16(22-3)14(10-12)19-17(21)11-20-9-5-4-6-15(20)13(2)18/h7-8,10,13,15H,4-6,9,11,18H2,1-3H3,(H,19,21). The van der Waals surface area contributed by atoms with E-state index in [1.807, 2.05) is 32.0 Å². The molecular formula is C17H27N3O2. The van der Waals surface area contributed by atoms with E-state index >= 15 is 0 Å². The summed E-state index contributed by atoms with van der Waals surface area (Å²) in [4.78, 5) is 14.6. The number of hydrogen-bond donors (Lipinski definition) is 2. The summed E-state index contributed by atoms with van der Waals surface area (Å²) in [6.45, 7) is 5.32. The highest BCUT2D eigenvalue weighted by Gasteiger charge is 2.27. The van der Waals surface area contributed by atoms with Crippen LogP contribution in [0.3, 0.4) is 0 Å². The molecule has 0 aromatic heterocycles. The van der Waals surface area contributed by atoms with Gasteiger partial charge in [0.05, 0.1) is 19.3 Å². The first-order chi connectivity index (χ1) is 10.5. The number of likely N-dealkylation sites (tertiary alicyclic amines) is 1. The number of anilines is 1. The Bertz CT molecular complexity index is 517. The first-order valence-electron chi connectivity index (χ1n) is 7.95. The maximum Gasteiger partial charge on any atom is 0.238 e. The smallest absolute Gasteiger partial charge is 0.238 e. The van der Waals surface area contributed by atoms with Crippen LogP contribution in [0, 0.1) is 6.92 Å². The van der Waals surface area contributed by atoms with Crippen LogP contribution in [0.25, 0.3) is 0 Å². The van der Waals surface area contributed by atoms with Gasteiger partial charge >= 0.3 is 0 Å². The van der Waals surface area contributed by atoms with Crippen LogP contribution in [0.5, 0.6) is 5.75 Å². The molecule has 0 saturated carbocycles. The van der Waals surface area contributed by atoms with E-state index in [1.165, 1.54) is 6.42 Å². The number of piperidine rings is 1. The van der Waals surface area contributed by atoms with E-state index in [2.05, 4.69) is 10.2 Å². The van der Waals surface area contributed by atoms with Crippen LogP contribution in [-0.4, -0.2) is 43.1 Å². The second-order valence-corrected chi connectivity index (χ2v) is 6.14. The number of methoxy groups -OCH3 is 1. The summed E-state index contributed by atoms with van der Waals surface area (Å²) in [7, 11) is 1.61. The van der Waals surface area contributed by atoms with E-state index in [9.17, 15) is 4.79 Å². The maximum atomic E-state index is 12.4.